The van der Waals surface area contributed by atoms with Gasteiger partial charge in [-0.1, -0.05) is 0 Å². The van der Waals surface area contributed by atoms with Crippen LogP contribution >= 0.6 is 11.8 Å². The summed E-state index contributed by atoms with van der Waals surface area (Å²) in [7, 11) is -2.20. The molecule has 0 radical (unpaired) electrons. The number of amides is 1. The van der Waals surface area contributed by atoms with Gasteiger partial charge in [-0.15, -0.1) is 11.8 Å². The summed E-state index contributed by atoms with van der Waals surface area (Å²) in [5.74, 6) is 0.611. The van der Waals surface area contributed by atoms with Crippen molar-refractivity contribution in [2.24, 2.45) is 0 Å². The Morgan fingerprint density at radius 3 is 2.41 bits per heavy atom. The van der Waals surface area contributed by atoms with Crippen LogP contribution in [0.2, 0.25) is 0 Å². The number of benzene rings is 1. The van der Waals surface area contributed by atoms with E-state index < -0.39 is 10.0 Å². The second-order valence-electron chi connectivity index (χ2n) is 3.40. The van der Waals surface area contributed by atoms with Crippen molar-refractivity contribution in [3.63, 3.8) is 0 Å². The molecule has 1 heterocycles. The minimum Gasteiger partial charge on any atom is -0.497 e. The monoisotopic (exact) mass is 273 g/mol. The average Bonchev–Trinajstić information content (AvgIpc) is 2.76. The van der Waals surface area contributed by atoms with Gasteiger partial charge < -0.3 is 4.74 Å². The van der Waals surface area contributed by atoms with Crippen LogP contribution in [0.15, 0.2) is 29.2 Å². The van der Waals surface area contributed by atoms with Crippen LogP contribution in [-0.2, 0) is 14.8 Å². The van der Waals surface area contributed by atoms with Gasteiger partial charge in [-0.25, -0.2) is 12.7 Å². The summed E-state index contributed by atoms with van der Waals surface area (Å²) in [6.45, 7) is 0. The minimum absolute atomic E-state index is 0.106. The summed E-state index contributed by atoms with van der Waals surface area (Å²) < 4.78 is 30.0. The molecule has 2 rings (SSSR count). The van der Waals surface area contributed by atoms with E-state index in [1.807, 2.05) is 0 Å². The van der Waals surface area contributed by atoms with Crippen molar-refractivity contribution in [2.45, 2.75) is 4.90 Å². The molecular formula is C10H11NO4S2. The molecule has 1 saturated heterocycles. The lowest BCUT2D eigenvalue weighted by Crippen LogP contribution is -2.32. The summed E-state index contributed by atoms with van der Waals surface area (Å²) in [6.07, 6.45) is 0. The molecular weight excluding hydrogens is 262 g/mol. The molecule has 1 aliphatic heterocycles. The maximum Gasteiger partial charge on any atom is 0.267 e. The molecule has 1 fully saturated rings. The molecule has 7 heteroatoms. The molecule has 0 atom stereocenters. The number of rotatable bonds is 3. The van der Waals surface area contributed by atoms with Crippen LogP contribution in [0.5, 0.6) is 5.75 Å². The Bertz CT molecular complexity index is 524. The highest BCUT2D eigenvalue weighted by molar-refractivity contribution is 8.01. The summed E-state index contributed by atoms with van der Waals surface area (Å²) in [6, 6.07) is 5.98. The number of ether oxygens (including phenoxy) is 1. The van der Waals surface area contributed by atoms with E-state index in [0.717, 1.165) is 4.31 Å². The van der Waals surface area contributed by atoms with Crippen molar-refractivity contribution in [3.8, 4) is 5.75 Å². The van der Waals surface area contributed by atoms with Gasteiger partial charge in [0.05, 0.1) is 23.6 Å². The summed E-state index contributed by atoms with van der Waals surface area (Å²) >= 11 is 1.29. The van der Waals surface area contributed by atoms with E-state index in [-0.39, 0.29) is 22.4 Å². The predicted octanol–water partition coefficient (Wildman–Crippen LogP) is 0.917. The third-order valence-corrected chi connectivity index (χ3v) is 5.20. The van der Waals surface area contributed by atoms with Crippen molar-refractivity contribution in [1.82, 2.24) is 4.31 Å². The molecule has 0 N–H and O–H groups in total. The van der Waals surface area contributed by atoms with Crippen LogP contribution in [0, 0.1) is 0 Å². The maximum atomic E-state index is 12.1. The Labute approximate surface area is 104 Å². The van der Waals surface area contributed by atoms with Crippen LogP contribution in [-0.4, -0.2) is 37.4 Å². The summed E-state index contributed by atoms with van der Waals surface area (Å²) in [5, 5.41) is 0. The van der Waals surface area contributed by atoms with Gasteiger partial charge in [0.25, 0.3) is 10.0 Å². The second kappa shape index (κ2) is 4.58. The first-order valence-corrected chi connectivity index (χ1v) is 7.42. The molecule has 0 unspecified atom stereocenters. The fourth-order valence-corrected chi connectivity index (χ4v) is 4.10. The lowest BCUT2D eigenvalue weighted by molar-refractivity contribution is -0.122. The van der Waals surface area contributed by atoms with Crippen LogP contribution in [0.25, 0.3) is 0 Å². The smallest absolute Gasteiger partial charge is 0.267 e. The molecule has 5 nitrogen and oxygen atoms in total. The van der Waals surface area contributed by atoms with Gasteiger partial charge in [0.1, 0.15) is 5.75 Å². The van der Waals surface area contributed by atoms with Gasteiger partial charge in [0.2, 0.25) is 5.91 Å². The molecule has 0 bridgehead atoms. The number of thioether (sulfide) groups is 1. The van der Waals surface area contributed by atoms with Crippen molar-refractivity contribution in [1.29, 1.82) is 0 Å². The predicted molar refractivity (Wildman–Crippen MR) is 64.4 cm³/mol. The lowest BCUT2D eigenvalue weighted by atomic mass is 10.3. The van der Waals surface area contributed by atoms with Crippen LogP contribution in [0.1, 0.15) is 0 Å². The molecule has 1 aromatic rings. The number of hydrogen-bond acceptors (Lipinski definition) is 5. The van der Waals surface area contributed by atoms with Gasteiger partial charge in [0, 0.05) is 0 Å². The van der Waals surface area contributed by atoms with Crippen molar-refractivity contribution in [2.75, 3.05) is 18.7 Å². The van der Waals surface area contributed by atoms with E-state index in [4.69, 9.17) is 4.74 Å². The fourth-order valence-electron chi connectivity index (χ4n) is 1.44. The quantitative estimate of drug-likeness (QED) is 0.819. The molecule has 0 saturated carbocycles. The Hall–Kier alpha value is -1.21. The van der Waals surface area contributed by atoms with Crippen molar-refractivity contribution < 1.29 is 17.9 Å². The summed E-state index contributed by atoms with van der Waals surface area (Å²) in [4.78, 5) is 11.5. The number of sulfonamides is 1. The maximum absolute atomic E-state index is 12.1. The van der Waals surface area contributed by atoms with E-state index in [9.17, 15) is 13.2 Å². The number of methoxy groups -OCH3 is 1. The third kappa shape index (κ3) is 2.25. The Morgan fingerprint density at radius 1 is 1.29 bits per heavy atom. The Balaban J connectivity index is 2.34. The van der Waals surface area contributed by atoms with Crippen LogP contribution in [0.4, 0.5) is 0 Å². The zero-order valence-electron chi connectivity index (χ0n) is 9.12. The highest BCUT2D eigenvalue weighted by Crippen LogP contribution is 2.25. The van der Waals surface area contributed by atoms with E-state index >= 15 is 0 Å². The second-order valence-corrected chi connectivity index (χ2v) is 6.22. The van der Waals surface area contributed by atoms with Crippen molar-refractivity contribution in [3.05, 3.63) is 24.3 Å². The largest absolute Gasteiger partial charge is 0.497 e. The molecule has 0 aliphatic carbocycles. The lowest BCUT2D eigenvalue weighted by Gasteiger charge is -2.15. The third-order valence-electron chi connectivity index (χ3n) is 2.36. The Kier molecular flexibility index (Phi) is 3.30. The minimum atomic E-state index is -3.71. The van der Waals surface area contributed by atoms with Gasteiger partial charge in [0.15, 0.2) is 0 Å². The summed E-state index contributed by atoms with van der Waals surface area (Å²) in [5.41, 5.74) is 0. The van der Waals surface area contributed by atoms with E-state index in [1.165, 1.54) is 31.0 Å². The van der Waals surface area contributed by atoms with E-state index in [1.54, 1.807) is 12.1 Å². The van der Waals surface area contributed by atoms with Crippen molar-refractivity contribution >= 4 is 27.7 Å². The number of nitrogens with zero attached hydrogens (tertiary/aromatic N) is 1. The molecule has 92 valence electrons. The SMILES string of the molecule is COc1ccc(S(=O)(=O)N2CSCC2=O)cc1. The zero-order chi connectivity index (χ0) is 12.5. The fraction of sp³-hybridized carbons (Fsp3) is 0.300. The van der Waals surface area contributed by atoms with Gasteiger partial charge in [-0.2, -0.15) is 0 Å². The standard InChI is InChI=1S/C10H11NO4S2/c1-15-8-2-4-9(5-3-8)17(13,14)11-7-16-6-10(11)12/h2-5H,6-7H2,1H3. The van der Waals surface area contributed by atoms with Crippen LogP contribution < -0.4 is 4.74 Å². The topological polar surface area (TPSA) is 63.7 Å². The first kappa shape index (κ1) is 12.3. The first-order valence-electron chi connectivity index (χ1n) is 4.83. The molecule has 0 aromatic heterocycles. The number of carbonyl (C=O) groups excluding carboxylic acids is 1. The molecule has 17 heavy (non-hydrogen) atoms. The zero-order valence-corrected chi connectivity index (χ0v) is 10.8. The number of carbonyl (C=O) groups is 1. The Morgan fingerprint density at radius 2 is 1.94 bits per heavy atom. The van der Waals surface area contributed by atoms with Gasteiger partial charge in [-0.05, 0) is 24.3 Å². The van der Waals surface area contributed by atoms with Gasteiger partial charge >= 0.3 is 0 Å². The average molecular weight is 273 g/mol. The number of hydrogen-bond donors (Lipinski definition) is 0. The highest BCUT2D eigenvalue weighted by atomic mass is 32.2. The normalized spacial score (nSPS) is 16.3. The first-order chi connectivity index (χ1) is 8.05. The molecule has 1 aliphatic rings. The van der Waals surface area contributed by atoms with Crippen LogP contribution in [0.3, 0.4) is 0 Å². The molecule has 1 aromatic carbocycles. The van der Waals surface area contributed by atoms with E-state index in [0.29, 0.717) is 5.75 Å². The highest BCUT2D eigenvalue weighted by Gasteiger charge is 2.33. The van der Waals surface area contributed by atoms with E-state index in [2.05, 4.69) is 0 Å². The molecule has 0 spiro atoms. The van der Waals surface area contributed by atoms with Gasteiger partial charge in [-0.3, -0.25) is 4.79 Å². The molecule has 1 amide bonds.